The average molecular weight is 1690 g/mol. The third kappa shape index (κ3) is 32.1. The number of hydrogen-bond acceptors (Lipinski definition) is 19. The Morgan fingerprint density at radius 2 is 0.870 bits per heavy atom. The molecule has 1 aliphatic rings. The molecule has 4 aromatic heterocycles. The van der Waals surface area contributed by atoms with Gasteiger partial charge in [-0.05, 0) is 93.0 Å². The SMILES string of the molecule is CC(C)c1nc(CN(C)C(=O)N[C@@H](CCN)C(=O)N[C@H](CC[C@H](Cc2ccccc2)NC(=O)OCc2cncs2)Cc2ccccc2)cs1.CC(C)c1nc(CN(C)C(=O)N[C@@H](CCNC(=O)N2CCOCC2)C(=O)N[C@H](CC[C@H](Cc2ccccc2)NC(=O)OCc2cncs2)Cc2ccccc2)cs1.Cl.I. The summed E-state index contributed by atoms with van der Waals surface area (Å²) >= 11 is 5.97. The molecule has 1 aliphatic heterocycles. The number of hydrogen-bond donors (Lipinski definition) is 8. The van der Waals surface area contributed by atoms with Crippen molar-refractivity contribution in [2.45, 2.75) is 166 Å². The van der Waals surface area contributed by atoms with E-state index in [0.717, 1.165) is 53.4 Å². The molecule has 0 unspecified atom stereocenters. The maximum atomic E-state index is 14.2. The van der Waals surface area contributed by atoms with E-state index in [9.17, 15) is 33.6 Å². The third-order valence-corrected chi connectivity index (χ3v) is 21.2. The zero-order valence-corrected chi connectivity index (χ0v) is 68.4. The summed E-state index contributed by atoms with van der Waals surface area (Å²) in [5.41, 5.74) is 15.1. The van der Waals surface area contributed by atoms with Crippen molar-refractivity contribution in [2.24, 2.45) is 5.73 Å². The number of aromatic nitrogens is 4. The van der Waals surface area contributed by atoms with Gasteiger partial charge in [-0.15, -0.1) is 81.7 Å². The number of ether oxygens (including phenoxy) is 3. The van der Waals surface area contributed by atoms with Crippen molar-refractivity contribution in [3.63, 3.8) is 0 Å². The Hall–Kier alpha value is -8.37. The lowest BCUT2D eigenvalue weighted by Crippen LogP contribution is -2.54. The predicted octanol–water partition coefficient (Wildman–Crippen LogP) is 12.4. The third-order valence-electron chi connectivity index (χ3n) is 17.3. The summed E-state index contributed by atoms with van der Waals surface area (Å²) in [6, 6.07) is 35.6. The van der Waals surface area contributed by atoms with E-state index >= 15 is 0 Å². The molecule has 6 atom stereocenters. The molecular formula is C77H103ClIN15O10S4. The molecule has 0 bridgehead atoms. The van der Waals surface area contributed by atoms with Gasteiger partial charge in [0.25, 0.3) is 0 Å². The van der Waals surface area contributed by atoms with Gasteiger partial charge in [0.05, 0.1) is 68.5 Å². The maximum absolute atomic E-state index is 14.2. The van der Waals surface area contributed by atoms with E-state index in [1.54, 1.807) is 65.1 Å². The van der Waals surface area contributed by atoms with Gasteiger partial charge in [-0.3, -0.25) is 19.6 Å². The van der Waals surface area contributed by atoms with Gasteiger partial charge in [0, 0.05) is 92.9 Å². The zero-order chi connectivity index (χ0) is 75.4. The Balaban J connectivity index is 0.000000335. The quantitative estimate of drug-likeness (QED) is 0.0168. The van der Waals surface area contributed by atoms with Crippen LogP contribution in [0.2, 0.25) is 0 Å². The second kappa shape index (κ2) is 48.2. The minimum atomic E-state index is -0.954. The van der Waals surface area contributed by atoms with Crippen LogP contribution in [0.5, 0.6) is 0 Å². The van der Waals surface area contributed by atoms with Crippen LogP contribution in [0.25, 0.3) is 0 Å². The second-order valence-corrected chi connectivity index (χ2v) is 30.4. The van der Waals surface area contributed by atoms with Crippen LogP contribution in [0.15, 0.2) is 156 Å². The predicted molar refractivity (Wildman–Crippen MR) is 438 cm³/mol. The Labute approximate surface area is 672 Å². The van der Waals surface area contributed by atoms with Crippen LogP contribution in [0, 0.1) is 0 Å². The number of thiazole rings is 4. The molecule has 25 nitrogen and oxygen atoms in total. The summed E-state index contributed by atoms with van der Waals surface area (Å²) in [7, 11) is 3.35. The largest absolute Gasteiger partial charge is 0.444 e. The van der Waals surface area contributed by atoms with E-state index in [4.69, 9.17) is 19.9 Å². The van der Waals surface area contributed by atoms with E-state index in [2.05, 4.69) is 84.8 Å². The average Bonchev–Trinajstić information content (AvgIpc) is 1.39. The topological polar surface area (TPSA) is 319 Å². The lowest BCUT2D eigenvalue weighted by Gasteiger charge is -2.28. The van der Waals surface area contributed by atoms with Crippen LogP contribution >= 0.6 is 81.7 Å². The molecule has 0 spiro atoms. The first-order chi connectivity index (χ1) is 51.3. The minimum Gasteiger partial charge on any atom is -0.444 e. The molecule has 9 N–H and O–H groups in total. The number of urea groups is 3. The van der Waals surface area contributed by atoms with Crippen LogP contribution in [0.4, 0.5) is 24.0 Å². The Morgan fingerprint density at radius 3 is 1.20 bits per heavy atom. The number of alkyl carbamates (subject to hydrolysis) is 2. The number of benzene rings is 4. The first-order valence-electron chi connectivity index (χ1n) is 35.9. The van der Waals surface area contributed by atoms with Crippen molar-refractivity contribution < 1.29 is 47.8 Å². The molecule has 0 saturated carbocycles. The van der Waals surface area contributed by atoms with E-state index in [1.165, 1.54) is 32.5 Å². The molecular weight excluding hydrogens is 1590 g/mol. The van der Waals surface area contributed by atoms with Crippen molar-refractivity contribution >= 4 is 124 Å². The highest BCUT2D eigenvalue weighted by molar-refractivity contribution is 14.0. The van der Waals surface area contributed by atoms with Crippen molar-refractivity contribution in [1.29, 1.82) is 0 Å². The van der Waals surface area contributed by atoms with E-state index in [-0.39, 0.29) is 136 Å². The summed E-state index contributed by atoms with van der Waals surface area (Å²) in [6.07, 6.45) is 7.20. The summed E-state index contributed by atoms with van der Waals surface area (Å²) < 4.78 is 16.4. The molecule has 4 aromatic carbocycles. The zero-order valence-electron chi connectivity index (χ0n) is 62.0. The fourth-order valence-corrected chi connectivity index (χ4v) is 14.3. The number of halogens is 2. The van der Waals surface area contributed by atoms with E-state index < -0.39 is 30.3 Å². The van der Waals surface area contributed by atoms with Crippen LogP contribution in [0.3, 0.4) is 0 Å². The smallest absolute Gasteiger partial charge is 0.407 e. The van der Waals surface area contributed by atoms with E-state index in [0.29, 0.717) is 90.1 Å². The molecule has 10 amide bonds. The molecule has 8 aromatic rings. The van der Waals surface area contributed by atoms with Gasteiger partial charge in [-0.25, -0.2) is 33.9 Å². The number of nitrogens with zero attached hydrogens (tertiary/aromatic N) is 7. The highest BCUT2D eigenvalue weighted by Crippen LogP contribution is 2.23. The number of carbonyl (C=O) groups excluding carboxylic acids is 7. The van der Waals surface area contributed by atoms with Gasteiger partial charge < -0.3 is 71.9 Å². The van der Waals surface area contributed by atoms with Crippen LogP contribution < -0.4 is 43.0 Å². The molecule has 5 heterocycles. The van der Waals surface area contributed by atoms with Crippen molar-refractivity contribution in [3.8, 4) is 0 Å². The summed E-state index contributed by atoms with van der Waals surface area (Å²) in [6.45, 7) is 11.5. The molecule has 0 aliphatic carbocycles. The number of nitrogens with two attached hydrogens (primary N) is 1. The Bertz CT molecular complexity index is 3910. The van der Waals surface area contributed by atoms with Crippen LogP contribution in [0.1, 0.15) is 131 Å². The van der Waals surface area contributed by atoms with Gasteiger partial charge in [0.1, 0.15) is 25.3 Å². The van der Waals surface area contributed by atoms with Crippen LogP contribution in [-0.4, -0.2) is 166 Å². The normalized spacial score (nSPS) is 13.4. The molecule has 9 rings (SSSR count). The number of carbonyl (C=O) groups is 7. The molecule has 31 heteroatoms. The van der Waals surface area contributed by atoms with E-state index in [1.807, 2.05) is 132 Å². The fraction of sp³-hybridized carbons (Fsp3) is 0.442. The van der Waals surface area contributed by atoms with Gasteiger partial charge in [0.2, 0.25) is 11.8 Å². The summed E-state index contributed by atoms with van der Waals surface area (Å²) in [5, 5.41) is 27.1. The molecule has 0 radical (unpaired) electrons. The summed E-state index contributed by atoms with van der Waals surface area (Å²) in [4.78, 5) is 117. The molecule has 1 fully saturated rings. The highest BCUT2D eigenvalue weighted by Gasteiger charge is 2.30. The Morgan fingerprint density at radius 1 is 0.509 bits per heavy atom. The van der Waals surface area contributed by atoms with Crippen molar-refractivity contribution in [1.82, 2.24) is 71.9 Å². The highest BCUT2D eigenvalue weighted by atomic mass is 127. The van der Waals surface area contributed by atoms with Crippen LogP contribution in [-0.2, 0) is 75.8 Å². The lowest BCUT2D eigenvalue weighted by atomic mass is 9.95. The number of nitrogens with one attached hydrogen (secondary N) is 7. The maximum Gasteiger partial charge on any atom is 0.407 e. The van der Waals surface area contributed by atoms with Gasteiger partial charge >= 0.3 is 30.3 Å². The minimum absolute atomic E-state index is 0. The van der Waals surface area contributed by atoms with Crippen molar-refractivity contribution in [3.05, 3.63) is 209 Å². The van der Waals surface area contributed by atoms with Gasteiger partial charge in [-0.2, -0.15) is 0 Å². The summed E-state index contributed by atoms with van der Waals surface area (Å²) in [5.74, 6) is -0.0855. The monoisotopic (exact) mass is 1690 g/mol. The molecule has 1 saturated heterocycles. The van der Waals surface area contributed by atoms with Gasteiger partial charge in [-0.1, -0.05) is 149 Å². The number of amides is 10. The second-order valence-electron chi connectivity index (χ2n) is 26.7. The molecule has 108 heavy (non-hydrogen) atoms. The van der Waals surface area contributed by atoms with Crippen molar-refractivity contribution in [2.75, 3.05) is 53.5 Å². The Kier molecular flexibility index (Phi) is 39.5. The lowest BCUT2D eigenvalue weighted by molar-refractivity contribution is -0.124. The fourth-order valence-electron chi connectivity index (χ4n) is 11.6. The van der Waals surface area contributed by atoms with Gasteiger partial charge in [0.15, 0.2) is 0 Å². The first kappa shape index (κ1) is 88.5. The number of rotatable bonds is 37. The number of morpholine rings is 1. The molecule has 584 valence electrons. The first-order valence-corrected chi connectivity index (χ1v) is 39.4. The standard InChI is InChI=1S/C41H54N8O6S2.C36H47N7O4S2.ClH.HI/c1-29(2)38-45-34(27-56-38)25-48(3)40(52)47-36(16-17-43-39(51)49-18-20-54-21-19-49)37(50)44-32(22-30-10-6-4-7-11-30)14-15-33(23-31-12-8-5-9-13-31)46-41(53)55-26-35-24-42-28-57-35;1-25(2)34-40-30(23-48-34)21-43(3)35(45)42-32(16-17-37)33(44)39-28(18-26-10-6-4-7-11-26)14-15-29(19-27-12-8-5-9-13-27)41-36(46)47-22-31-20-38-24-49-31;;/h4-13,24,27-29,32-33,36H,14-23,25-26H2,1-3H3,(H,43,51)(H,44,50)(H,46,53)(H,47,52);4-13,20,23-25,28-29,32H,14-19,21-22,37H2,1-3H3,(H,39,44)(H,41,46)(H,42,45);2*1H/t32-,33-,36+;28-,29-,32+;;/m11../s1.